The van der Waals surface area contributed by atoms with Gasteiger partial charge in [0.25, 0.3) is 0 Å². The van der Waals surface area contributed by atoms with E-state index in [2.05, 4.69) is 126 Å². The molecule has 0 unspecified atom stereocenters. The Balaban J connectivity index is 1.29. The van der Waals surface area contributed by atoms with Gasteiger partial charge in [0, 0.05) is 29.1 Å². The van der Waals surface area contributed by atoms with Crippen LogP contribution in [0.25, 0.3) is 66.6 Å². The van der Waals surface area contributed by atoms with E-state index >= 15 is 0 Å². The van der Waals surface area contributed by atoms with Gasteiger partial charge in [0.2, 0.25) is 0 Å². The third-order valence-electron chi connectivity index (χ3n) is 7.10. The molecular weight excluding hydrogens is 518 g/mol. The number of pyridine rings is 1. The van der Waals surface area contributed by atoms with Crippen molar-refractivity contribution >= 4 is 11.3 Å². The highest BCUT2D eigenvalue weighted by atomic mass is 32.1. The smallest absolute Gasteiger partial charge is 0.170 e. The van der Waals surface area contributed by atoms with Gasteiger partial charge >= 0.3 is 0 Å². The van der Waals surface area contributed by atoms with Gasteiger partial charge in [0.05, 0.1) is 16.3 Å². The van der Waals surface area contributed by atoms with Gasteiger partial charge in [-0.1, -0.05) is 103 Å². The molecule has 0 aliphatic heterocycles. The molecule has 0 aliphatic rings. The molecule has 0 bridgehead atoms. The molecule has 0 spiro atoms. The second-order valence-electron chi connectivity index (χ2n) is 9.79. The zero-order valence-electron chi connectivity index (χ0n) is 22.2. The zero-order chi connectivity index (χ0) is 27.4. The lowest BCUT2D eigenvalue weighted by Gasteiger charge is -2.11. The molecule has 0 fully saturated rings. The maximum Gasteiger partial charge on any atom is 0.170 e. The number of benzene rings is 4. The van der Waals surface area contributed by atoms with Gasteiger partial charge in [0.15, 0.2) is 5.82 Å². The van der Waals surface area contributed by atoms with E-state index < -0.39 is 0 Å². The first kappa shape index (κ1) is 24.8. The van der Waals surface area contributed by atoms with E-state index in [1.807, 2.05) is 24.4 Å². The van der Waals surface area contributed by atoms with Crippen molar-refractivity contribution in [1.82, 2.24) is 15.0 Å². The number of aromatic nitrogens is 3. The van der Waals surface area contributed by atoms with Gasteiger partial charge in [-0.25, -0.2) is 9.97 Å². The third kappa shape index (κ3) is 5.33. The summed E-state index contributed by atoms with van der Waals surface area (Å²) in [6.45, 7) is 0. The number of thiophene rings is 1. The van der Waals surface area contributed by atoms with Crippen molar-refractivity contribution in [3.05, 3.63) is 151 Å². The first-order chi connectivity index (χ1) is 20.3. The van der Waals surface area contributed by atoms with Crippen molar-refractivity contribution in [2.24, 2.45) is 0 Å². The fraction of sp³-hybridized carbons (Fsp3) is 0. The lowest BCUT2D eigenvalue weighted by molar-refractivity contribution is 1.19. The second-order valence-corrected chi connectivity index (χ2v) is 10.7. The highest BCUT2D eigenvalue weighted by Gasteiger charge is 2.13. The lowest BCUT2D eigenvalue weighted by atomic mass is 9.97. The molecule has 0 saturated carbocycles. The molecular formula is C37H25N3S. The van der Waals surface area contributed by atoms with Crippen molar-refractivity contribution in [2.45, 2.75) is 0 Å². The van der Waals surface area contributed by atoms with E-state index in [-0.39, 0.29) is 0 Å². The molecule has 4 heteroatoms. The predicted octanol–water partition coefficient (Wildman–Crippen LogP) is 9.94. The monoisotopic (exact) mass is 543 g/mol. The second kappa shape index (κ2) is 11.1. The van der Waals surface area contributed by atoms with E-state index in [1.165, 1.54) is 11.1 Å². The Kier molecular flexibility index (Phi) is 6.73. The fourth-order valence-electron chi connectivity index (χ4n) is 4.99. The minimum atomic E-state index is 0.739. The average molecular weight is 544 g/mol. The topological polar surface area (TPSA) is 38.7 Å². The summed E-state index contributed by atoms with van der Waals surface area (Å²) in [5.41, 5.74) is 10.8. The molecule has 0 aliphatic carbocycles. The van der Waals surface area contributed by atoms with Crippen molar-refractivity contribution in [3.63, 3.8) is 0 Å². The Morgan fingerprint density at radius 2 is 1.00 bits per heavy atom. The summed E-state index contributed by atoms with van der Waals surface area (Å²) < 4.78 is 0. The van der Waals surface area contributed by atoms with E-state index in [0.717, 1.165) is 55.5 Å². The van der Waals surface area contributed by atoms with E-state index in [4.69, 9.17) is 9.97 Å². The molecule has 0 N–H and O–H groups in total. The Hall–Kier alpha value is -5.19. The SMILES string of the molecule is c1ccc(-c2ccc(-c3cc(-c4cccc(-c5cccc(-c6cccnc6)c5)c4)nc(-c4cccs4)n3)cc2)cc1. The van der Waals surface area contributed by atoms with Crippen LogP contribution in [0.5, 0.6) is 0 Å². The van der Waals surface area contributed by atoms with Gasteiger partial charge < -0.3 is 0 Å². The number of hydrogen-bond donors (Lipinski definition) is 0. The first-order valence-corrected chi connectivity index (χ1v) is 14.4. The van der Waals surface area contributed by atoms with Crippen LogP contribution >= 0.6 is 11.3 Å². The Labute approximate surface area is 243 Å². The minimum Gasteiger partial charge on any atom is -0.264 e. The molecule has 0 atom stereocenters. The van der Waals surface area contributed by atoms with Crippen molar-refractivity contribution in [3.8, 4) is 66.6 Å². The van der Waals surface area contributed by atoms with Crippen LogP contribution < -0.4 is 0 Å². The van der Waals surface area contributed by atoms with Crippen molar-refractivity contribution in [1.29, 1.82) is 0 Å². The van der Waals surface area contributed by atoms with Crippen LogP contribution in [0.1, 0.15) is 0 Å². The molecule has 3 aromatic heterocycles. The third-order valence-corrected chi connectivity index (χ3v) is 7.97. The van der Waals surface area contributed by atoms with Crippen LogP contribution in [0.15, 0.2) is 151 Å². The number of nitrogens with zero attached hydrogens (tertiary/aromatic N) is 3. The van der Waals surface area contributed by atoms with Crippen LogP contribution in [-0.2, 0) is 0 Å². The van der Waals surface area contributed by atoms with Gasteiger partial charge in [-0.3, -0.25) is 4.98 Å². The zero-order valence-corrected chi connectivity index (χ0v) is 23.0. The van der Waals surface area contributed by atoms with E-state index in [9.17, 15) is 0 Å². The molecule has 4 aromatic carbocycles. The highest BCUT2D eigenvalue weighted by Crippen LogP contribution is 2.33. The predicted molar refractivity (Wildman–Crippen MR) is 170 cm³/mol. The molecule has 7 aromatic rings. The van der Waals surface area contributed by atoms with E-state index in [1.54, 1.807) is 17.5 Å². The summed E-state index contributed by atoms with van der Waals surface area (Å²) in [6, 6.07) is 46.5. The average Bonchev–Trinajstić information content (AvgIpc) is 3.61. The lowest BCUT2D eigenvalue weighted by Crippen LogP contribution is -1.95. The first-order valence-electron chi connectivity index (χ1n) is 13.5. The van der Waals surface area contributed by atoms with Crippen LogP contribution in [0.4, 0.5) is 0 Å². The summed E-state index contributed by atoms with van der Waals surface area (Å²) in [4.78, 5) is 15.4. The van der Waals surface area contributed by atoms with Crippen molar-refractivity contribution in [2.75, 3.05) is 0 Å². The van der Waals surface area contributed by atoms with Crippen LogP contribution in [-0.4, -0.2) is 15.0 Å². The molecule has 0 amide bonds. The Bertz CT molecular complexity index is 1910. The standard InChI is InChI=1S/C37H25N3S/c1-2-8-26(9-3-1)27-16-18-28(19-17-27)34-24-35(40-37(39-34)36-15-7-21-41-36)32-13-5-11-30(23-32)29-10-4-12-31(22-29)33-14-6-20-38-25-33/h1-25H. The maximum absolute atomic E-state index is 5.03. The summed E-state index contributed by atoms with van der Waals surface area (Å²) in [5.74, 6) is 0.739. The van der Waals surface area contributed by atoms with Crippen LogP contribution in [0.3, 0.4) is 0 Å². The Morgan fingerprint density at radius 3 is 1.68 bits per heavy atom. The summed E-state index contributed by atoms with van der Waals surface area (Å²) in [6.07, 6.45) is 3.70. The summed E-state index contributed by atoms with van der Waals surface area (Å²) in [7, 11) is 0. The molecule has 41 heavy (non-hydrogen) atoms. The van der Waals surface area contributed by atoms with Crippen LogP contribution in [0.2, 0.25) is 0 Å². The van der Waals surface area contributed by atoms with Gasteiger partial charge in [-0.15, -0.1) is 11.3 Å². The molecule has 7 rings (SSSR count). The summed E-state index contributed by atoms with van der Waals surface area (Å²) >= 11 is 1.65. The molecule has 3 nitrogen and oxygen atoms in total. The normalized spacial score (nSPS) is 10.9. The largest absolute Gasteiger partial charge is 0.264 e. The summed E-state index contributed by atoms with van der Waals surface area (Å²) in [5, 5.41) is 2.07. The fourth-order valence-corrected chi connectivity index (χ4v) is 5.65. The quantitative estimate of drug-likeness (QED) is 0.209. The Morgan fingerprint density at radius 1 is 0.415 bits per heavy atom. The van der Waals surface area contributed by atoms with Gasteiger partial charge in [0.1, 0.15) is 0 Å². The number of rotatable bonds is 6. The molecule has 0 radical (unpaired) electrons. The van der Waals surface area contributed by atoms with Crippen LogP contribution in [0, 0.1) is 0 Å². The molecule has 0 saturated heterocycles. The molecule has 3 heterocycles. The van der Waals surface area contributed by atoms with Gasteiger partial charge in [-0.05, 0) is 63.5 Å². The van der Waals surface area contributed by atoms with E-state index in [0.29, 0.717) is 0 Å². The highest BCUT2D eigenvalue weighted by molar-refractivity contribution is 7.13. The minimum absolute atomic E-state index is 0.739. The van der Waals surface area contributed by atoms with Gasteiger partial charge in [-0.2, -0.15) is 0 Å². The van der Waals surface area contributed by atoms with Crippen molar-refractivity contribution < 1.29 is 0 Å². The number of hydrogen-bond acceptors (Lipinski definition) is 4. The molecule has 194 valence electrons. The maximum atomic E-state index is 5.03.